The molecule has 1 aromatic carbocycles. The lowest BCUT2D eigenvalue weighted by Crippen LogP contribution is -2.14. The van der Waals surface area contributed by atoms with Crippen molar-refractivity contribution in [1.82, 2.24) is 4.57 Å². The first-order valence-corrected chi connectivity index (χ1v) is 7.89. The van der Waals surface area contributed by atoms with Crippen molar-refractivity contribution >= 4 is 33.0 Å². The minimum Gasteiger partial charge on any atom is -0.311 e. The second-order valence-corrected chi connectivity index (χ2v) is 6.21. The van der Waals surface area contributed by atoms with Crippen molar-refractivity contribution in [2.24, 2.45) is 10.2 Å². The maximum absolute atomic E-state index is 4.30. The number of halogens is 1. The zero-order valence-electron chi connectivity index (χ0n) is 11.5. The average molecular weight is 350 g/mol. The molecule has 0 saturated heterocycles. The Morgan fingerprint density at radius 1 is 1.35 bits per heavy atom. The first kappa shape index (κ1) is 14.9. The van der Waals surface area contributed by atoms with E-state index in [1.54, 1.807) is 11.3 Å². The fourth-order valence-electron chi connectivity index (χ4n) is 1.71. The standard InChI is InChI=1S/C15H16BrN3S/c1-4-9-19-14(12-5-7-13(16)8-6-12)10-20-15(19)18-17-11(2)3/h4-8,10H,1,9H2,2-3H3. The first-order valence-electron chi connectivity index (χ1n) is 6.22. The fraction of sp³-hybridized carbons (Fsp3) is 0.200. The van der Waals surface area contributed by atoms with Crippen molar-refractivity contribution in [3.8, 4) is 11.3 Å². The molecule has 0 spiro atoms. The highest BCUT2D eigenvalue weighted by molar-refractivity contribution is 9.10. The van der Waals surface area contributed by atoms with Gasteiger partial charge < -0.3 is 4.57 Å². The van der Waals surface area contributed by atoms with Gasteiger partial charge in [0, 0.05) is 22.1 Å². The molecule has 0 aliphatic heterocycles. The lowest BCUT2D eigenvalue weighted by atomic mass is 10.2. The van der Waals surface area contributed by atoms with E-state index in [0.29, 0.717) is 6.54 Å². The highest BCUT2D eigenvalue weighted by Crippen LogP contribution is 2.22. The minimum absolute atomic E-state index is 0.714. The van der Waals surface area contributed by atoms with Gasteiger partial charge in [0.2, 0.25) is 4.80 Å². The van der Waals surface area contributed by atoms with E-state index in [9.17, 15) is 0 Å². The molecule has 0 fully saturated rings. The van der Waals surface area contributed by atoms with Crippen LogP contribution in [0.3, 0.4) is 0 Å². The van der Waals surface area contributed by atoms with E-state index in [-0.39, 0.29) is 0 Å². The van der Waals surface area contributed by atoms with E-state index in [4.69, 9.17) is 0 Å². The Morgan fingerprint density at radius 3 is 2.65 bits per heavy atom. The normalized spacial score (nSPS) is 11.4. The fourth-order valence-corrected chi connectivity index (χ4v) is 2.84. The lowest BCUT2D eigenvalue weighted by Gasteiger charge is -2.06. The second-order valence-electron chi connectivity index (χ2n) is 4.46. The van der Waals surface area contributed by atoms with E-state index >= 15 is 0 Å². The molecule has 1 aromatic heterocycles. The molecule has 3 nitrogen and oxygen atoms in total. The van der Waals surface area contributed by atoms with E-state index in [0.717, 1.165) is 26.2 Å². The molecule has 5 heteroatoms. The van der Waals surface area contributed by atoms with Gasteiger partial charge in [-0.2, -0.15) is 5.10 Å². The second kappa shape index (κ2) is 6.81. The van der Waals surface area contributed by atoms with Gasteiger partial charge in [-0.15, -0.1) is 23.0 Å². The van der Waals surface area contributed by atoms with Crippen molar-refractivity contribution in [2.75, 3.05) is 0 Å². The van der Waals surface area contributed by atoms with Crippen molar-refractivity contribution in [3.05, 3.63) is 51.6 Å². The van der Waals surface area contributed by atoms with Crippen molar-refractivity contribution in [3.63, 3.8) is 0 Å². The van der Waals surface area contributed by atoms with Gasteiger partial charge in [0.25, 0.3) is 0 Å². The number of aromatic nitrogens is 1. The molecule has 0 aliphatic rings. The molecule has 0 N–H and O–H groups in total. The van der Waals surface area contributed by atoms with Gasteiger partial charge in [-0.25, -0.2) is 0 Å². The summed E-state index contributed by atoms with van der Waals surface area (Å²) in [6.07, 6.45) is 1.87. The van der Waals surface area contributed by atoms with E-state index in [1.807, 2.05) is 32.1 Å². The Balaban J connectivity index is 2.54. The molecule has 2 aromatic rings. The molecule has 20 heavy (non-hydrogen) atoms. The zero-order chi connectivity index (χ0) is 14.5. The Bertz CT molecular complexity index is 689. The number of hydrogen-bond donors (Lipinski definition) is 0. The molecule has 104 valence electrons. The average Bonchev–Trinajstić information content (AvgIpc) is 2.81. The lowest BCUT2D eigenvalue weighted by molar-refractivity contribution is 0.788. The molecule has 0 atom stereocenters. The Hall–Kier alpha value is -1.46. The molecule has 0 bridgehead atoms. The Labute approximate surface area is 131 Å². The first-order chi connectivity index (χ1) is 9.61. The highest BCUT2D eigenvalue weighted by atomic mass is 79.9. The molecule has 0 amide bonds. The summed E-state index contributed by atoms with van der Waals surface area (Å²) in [6.45, 7) is 8.40. The van der Waals surface area contributed by atoms with Crippen LogP contribution in [-0.4, -0.2) is 10.3 Å². The summed E-state index contributed by atoms with van der Waals surface area (Å²) in [5.41, 5.74) is 3.23. The molecule has 2 rings (SSSR count). The summed E-state index contributed by atoms with van der Waals surface area (Å²) in [4.78, 5) is 0.879. The number of nitrogens with zero attached hydrogens (tertiary/aromatic N) is 3. The summed E-state index contributed by atoms with van der Waals surface area (Å²) >= 11 is 5.04. The molecule has 0 saturated carbocycles. The van der Waals surface area contributed by atoms with E-state index in [2.05, 4.69) is 54.8 Å². The quantitative estimate of drug-likeness (QED) is 0.443. The predicted octanol–water partition coefficient (Wildman–Crippen LogP) is 4.46. The topological polar surface area (TPSA) is 29.6 Å². The monoisotopic (exact) mass is 349 g/mol. The summed E-state index contributed by atoms with van der Waals surface area (Å²) in [6, 6.07) is 8.25. The summed E-state index contributed by atoms with van der Waals surface area (Å²) < 4.78 is 3.19. The van der Waals surface area contributed by atoms with Crippen LogP contribution in [0.15, 0.2) is 57.0 Å². The number of benzene rings is 1. The smallest absolute Gasteiger partial charge is 0.211 e. The number of allylic oxidation sites excluding steroid dienone is 1. The third-order valence-electron chi connectivity index (χ3n) is 2.58. The molecule has 1 heterocycles. The SMILES string of the molecule is C=CCn1c(-c2ccc(Br)cc2)csc1=NN=C(C)C. The van der Waals surface area contributed by atoms with Crippen LogP contribution >= 0.6 is 27.3 Å². The van der Waals surface area contributed by atoms with Gasteiger partial charge in [-0.3, -0.25) is 0 Å². The van der Waals surface area contributed by atoms with E-state index < -0.39 is 0 Å². The van der Waals surface area contributed by atoms with Gasteiger partial charge in [0.15, 0.2) is 0 Å². The van der Waals surface area contributed by atoms with E-state index in [1.165, 1.54) is 0 Å². The molecule has 0 unspecified atom stereocenters. The van der Waals surface area contributed by atoms with Gasteiger partial charge >= 0.3 is 0 Å². The van der Waals surface area contributed by atoms with Crippen LogP contribution < -0.4 is 4.80 Å². The zero-order valence-corrected chi connectivity index (χ0v) is 13.9. The van der Waals surface area contributed by atoms with Gasteiger partial charge in [0.1, 0.15) is 0 Å². The van der Waals surface area contributed by atoms with Crippen molar-refractivity contribution in [1.29, 1.82) is 0 Å². The van der Waals surface area contributed by atoms with Crippen LogP contribution in [0.1, 0.15) is 13.8 Å². The largest absolute Gasteiger partial charge is 0.311 e. The molecular formula is C15H16BrN3S. The Morgan fingerprint density at radius 2 is 2.05 bits per heavy atom. The van der Waals surface area contributed by atoms with Gasteiger partial charge in [-0.1, -0.05) is 34.1 Å². The number of hydrogen-bond acceptors (Lipinski definition) is 3. The Kier molecular flexibility index (Phi) is 5.09. The number of thiazole rings is 1. The minimum atomic E-state index is 0.714. The molecule has 0 aliphatic carbocycles. The highest BCUT2D eigenvalue weighted by Gasteiger charge is 2.06. The maximum atomic E-state index is 4.30. The summed E-state index contributed by atoms with van der Waals surface area (Å²) in [7, 11) is 0. The maximum Gasteiger partial charge on any atom is 0.211 e. The summed E-state index contributed by atoms with van der Waals surface area (Å²) in [5, 5.41) is 10.6. The van der Waals surface area contributed by atoms with Crippen LogP contribution in [0.2, 0.25) is 0 Å². The summed E-state index contributed by atoms with van der Waals surface area (Å²) in [5.74, 6) is 0. The van der Waals surface area contributed by atoms with Crippen LogP contribution in [0.4, 0.5) is 0 Å². The third kappa shape index (κ3) is 3.55. The van der Waals surface area contributed by atoms with Gasteiger partial charge in [0.05, 0.1) is 5.69 Å². The van der Waals surface area contributed by atoms with Crippen LogP contribution in [-0.2, 0) is 6.54 Å². The predicted molar refractivity (Wildman–Crippen MR) is 90.0 cm³/mol. The molecular weight excluding hydrogens is 334 g/mol. The van der Waals surface area contributed by atoms with Crippen molar-refractivity contribution < 1.29 is 0 Å². The van der Waals surface area contributed by atoms with Crippen molar-refractivity contribution in [2.45, 2.75) is 20.4 Å². The van der Waals surface area contributed by atoms with Gasteiger partial charge in [-0.05, 0) is 31.5 Å². The molecule has 0 radical (unpaired) electrons. The van der Waals surface area contributed by atoms with Crippen LogP contribution in [0.25, 0.3) is 11.3 Å². The third-order valence-corrected chi connectivity index (χ3v) is 3.97. The van der Waals surface area contributed by atoms with Crippen LogP contribution in [0, 0.1) is 0 Å². The van der Waals surface area contributed by atoms with Crippen LogP contribution in [0.5, 0.6) is 0 Å². The number of rotatable bonds is 4.